The van der Waals surface area contributed by atoms with E-state index in [2.05, 4.69) is 0 Å². The average Bonchev–Trinajstić information content (AvgIpc) is 2.16. The van der Waals surface area contributed by atoms with Crippen molar-refractivity contribution in [2.75, 3.05) is 7.11 Å². The molecule has 1 aromatic rings. The highest BCUT2D eigenvalue weighted by Gasteiger charge is 2.22. The maximum Gasteiger partial charge on any atom is 0.137 e. The van der Waals surface area contributed by atoms with Crippen LogP contribution >= 0.6 is 0 Å². The number of methoxy groups -OCH3 is 1. The lowest BCUT2D eigenvalue weighted by atomic mass is 9.81. The molecule has 0 bridgehead atoms. The summed E-state index contributed by atoms with van der Waals surface area (Å²) in [5, 5.41) is 0. The van der Waals surface area contributed by atoms with Crippen molar-refractivity contribution in [2.45, 2.75) is 19.3 Å². The average molecular weight is 200 g/mol. The number of hydrogen-bond acceptors (Lipinski definition) is 2. The lowest BCUT2D eigenvalue weighted by molar-refractivity contribution is 0.223. The quantitative estimate of drug-likeness (QED) is 0.647. The monoisotopic (exact) mass is 200 g/mol. The third-order valence-corrected chi connectivity index (χ3v) is 2.56. The van der Waals surface area contributed by atoms with E-state index in [1.807, 2.05) is 38.1 Å². The number of fused-ring (bicyclic) bond motifs is 1. The van der Waals surface area contributed by atoms with Gasteiger partial charge in [0, 0.05) is 11.1 Å². The van der Waals surface area contributed by atoms with E-state index in [1.165, 1.54) is 0 Å². The number of benzene rings is 1. The van der Waals surface area contributed by atoms with Crippen LogP contribution in [0.25, 0.3) is 6.08 Å². The predicted octanol–water partition coefficient (Wildman–Crippen LogP) is 2.29. The zero-order chi connectivity index (χ0) is 11.1. The Labute approximate surface area is 91.3 Å². The van der Waals surface area contributed by atoms with Gasteiger partial charge in [0.25, 0.3) is 0 Å². The molecule has 3 heteroatoms. The Kier molecular flexibility index (Phi) is 2.26. The Morgan fingerprint density at radius 2 is 2.13 bits per heavy atom. The Bertz CT molecular complexity index is 422. The van der Waals surface area contributed by atoms with Crippen molar-refractivity contribution >= 4 is 13.9 Å². The van der Waals surface area contributed by atoms with Crippen molar-refractivity contribution < 1.29 is 9.47 Å². The predicted molar refractivity (Wildman–Crippen MR) is 61.6 cm³/mol. The van der Waals surface area contributed by atoms with E-state index in [-0.39, 0.29) is 0 Å². The molecule has 15 heavy (non-hydrogen) atoms. The lowest BCUT2D eigenvalue weighted by Gasteiger charge is -2.29. The van der Waals surface area contributed by atoms with E-state index in [0.717, 1.165) is 22.6 Å². The van der Waals surface area contributed by atoms with Crippen molar-refractivity contribution in [2.24, 2.45) is 0 Å². The summed E-state index contributed by atoms with van der Waals surface area (Å²) >= 11 is 0. The van der Waals surface area contributed by atoms with E-state index in [1.54, 1.807) is 7.11 Å². The van der Waals surface area contributed by atoms with Gasteiger partial charge in [-0.1, -0.05) is 12.2 Å². The Hall–Kier alpha value is -1.38. The molecular weight excluding hydrogens is 187 g/mol. The molecule has 0 aliphatic carbocycles. The van der Waals surface area contributed by atoms with E-state index in [4.69, 9.17) is 17.3 Å². The van der Waals surface area contributed by atoms with Crippen LogP contribution in [-0.2, 0) is 0 Å². The molecule has 0 saturated carbocycles. The van der Waals surface area contributed by atoms with Crippen molar-refractivity contribution in [3.63, 3.8) is 0 Å². The molecule has 1 aliphatic heterocycles. The number of hydrogen-bond donors (Lipinski definition) is 0. The van der Waals surface area contributed by atoms with Gasteiger partial charge in [-0.15, -0.1) is 0 Å². The van der Waals surface area contributed by atoms with E-state index in [9.17, 15) is 0 Å². The molecule has 2 rings (SSSR count). The summed E-state index contributed by atoms with van der Waals surface area (Å²) in [6.45, 7) is 3.83. The third-order valence-electron chi connectivity index (χ3n) is 2.56. The van der Waals surface area contributed by atoms with Gasteiger partial charge < -0.3 is 9.47 Å². The summed E-state index contributed by atoms with van der Waals surface area (Å²) < 4.78 is 10.9. The van der Waals surface area contributed by atoms with Gasteiger partial charge in [-0.2, -0.15) is 0 Å². The van der Waals surface area contributed by atoms with Crippen LogP contribution in [0.2, 0.25) is 0 Å². The second-order valence-electron chi connectivity index (χ2n) is 3.92. The fourth-order valence-corrected chi connectivity index (χ4v) is 1.72. The Morgan fingerprint density at radius 1 is 1.40 bits per heavy atom. The lowest BCUT2D eigenvalue weighted by Crippen LogP contribution is -2.32. The smallest absolute Gasteiger partial charge is 0.137 e. The number of rotatable bonds is 1. The van der Waals surface area contributed by atoms with Gasteiger partial charge in [0.15, 0.2) is 0 Å². The van der Waals surface area contributed by atoms with Crippen LogP contribution < -0.4 is 9.47 Å². The van der Waals surface area contributed by atoms with Crippen LogP contribution in [0.5, 0.6) is 11.5 Å². The molecular formula is C12H13BO2. The highest BCUT2D eigenvalue weighted by molar-refractivity contribution is 6.16. The standard InChI is InChI=1S/C12H13BO2/c1-8-9-6-7-12(2,13)15-11(9)5-4-10(8)14-3/h4-7H,1-3H3. The molecule has 1 atom stereocenters. The molecule has 2 radical (unpaired) electrons. The van der Waals surface area contributed by atoms with Gasteiger partial charge in [-0.05, 0) is 26.0 Å². The maximum absolute atomic E-state index is 5.87. The van der Waals surface area contributed by atoms with Gasteiger partial charge in [0.1, 0.15) is 19.3 Å². The zero-order valence-corrected chi connectivity index (χ0v) is 9.20. The molecule has 1 heterocycles. The van der Waals surface area contributed by atoms with Crippen LogP contribution in [0.4, 0.5) is 0 Å². The summed E-state index contributed by atoms with van der Waals surface area (Å²) in [6, 6.07) is 3.78. The van der Waals surface area contributed by atoms with Crippen LogP contribution in [-0.4, -0.2) is 20.5 Å². The van der Waals surface area contributed by atoms with Crippen molar-refractivity contribution in [1.29, 1.82) is 0 Å². The van der Waals surface area contributed by atoms with Gasteiger partial charge >= 0.3 is 0 Å². The van der Waals surface area contributed by atoms with Gasteiger partial charge in [-0.3, -0.25) is 0 Å². The highest BCUT2D eigenvalue weighted by Crippen LogP contribution is 2.35. The first-order chi connectivity index (χ1) is 7.03. The zero-order valence-electron chi connectivity index (χ0n) is 9.20. The second kappa shape index (κ2) is 3.33. The Balaban J connectivity index is 2.52. The minimum absolute atomic E-state index is 0.714. The van der Waals surface area contributed by atoms with Crippen LogP contribution in [0.1, 0.15) is 18.1 Å². The number of ether oxygens (including phenoxy) is 2. The van der Waals surface area contributed by atoms with Gasteiger partial charge in [-0.25, -0.2) is 0 Å². The molecule has 1 aliphatic rings. The third kappa shape index (κ3) is 1.74. The molecule has 76 valence electrons. The van der Waals surface area contributed by atoms with Crippen LogP contribution in [0, 0.1) is 6.92 Å². The topological polar surface area (TPSA) is 18.5 Å². The largest absolute Gasteiger partial charge is 0.496 e. The van der Waals surface area contributed by atoms with E-state index < -0.39 is 5.50 Å². The molecule has 0 spiro atoms. The minimum atomic E-state index is -0.714. The SMILES string of the molecule is [B]C1(C)C=Cc2c(ccc(OC)c2C)O1. The minimum Gasteiger partial charge on any atom is -0.496 e. The molecule has 0 amide bonds. The van der Waals surface area contributed by atoms with Crippen molar-refractivity contribution in [3.05, 3.63) is 29.3 Å². The first-order valence-electron chi connectivity index (χ1n) is 4.88. The summed E-state index contributed by atoms with van der Waals surface area (Å²) in [4.78, 5) is 0. The first kappa shape index (κ1) is 10.2. The van der Waals surface area contributed by atoms with Gasteiger partial charge in [0.05, 0.1) is 12.6 Å². The fourth-order valence-electron chi connectivity index (χ4n) is 1.72. The second-order valence-corrected chi connectivity index (χ2v) is 3.92. The van der Waals surface area contributed by atoms with Crippen molar-refractivity contribution in [1.82, 2.24) is 0 Å². The highest BCUT2D eigenvalue weighted by atomic mass is 16.5. The maximum atomic E-state index is 5.87. The normalized spacial score (nSPS) is 23.1. The fraction of sp³-hybridized carbons (Fsp3) is 0.333. The summed E-state index contributed by atoms with van der Waals surface area (Å²) in [6.07, 6.45) is 3.83. The van der Waals surface area contributed by atoms with E-state index >= 15 is 0 Å². The summed E-state index contributed by atoms with van der Waals surface area (Å²) in [7, 11) is 7.53. The molecule has 0 aromatic heterocycles. The molecule has 1 unspecified atom stereocenters. The van der Waals surface area contributed by atoms with E-state index in [0.29, 0.717) is 0 Å². The molecule has 2 nitrogen and oxygen atoms in total. The first-order valence-corrected chi connectivity index (χ1v) is 4.88. The van der Waals surface area contributed by atoms with Crippen LogP contribution in [0.15, 0.2) is 18.2 Å². The molecule has 1 aromatic carbocycles. The summed E-state index contributed by atoms with van der Waals surface area (Å²) in [5.74, 6) is 1.67. The molecule has 0 N–H and O–H groups in total. The Morgan fingerprint density at radius 3 is 2.80 bits per heavy atom. The van der Waals surface area contributed by atoms with Gasteiger partial charge in [0.2, 0.25) is 0 Å². The molecule has 0 fully saturated rings. The summed E-state index contributed by atoms with van der Waals surface area (Å²) in [5.41, 5.74) is 1.40. The van der Waals surface area contributed by atoms with Crippen molar-refractivity contribution in [3.8, 4) is 11.5 Å². The molecule has 0 saturated heterocycles. The van der Waals surface area contributed by atoms with Crippen LogP contribution in [0.3, 0.4) is 0 Å².